The van der Waals surface area contributed by atoms with E-state index in [0.717, 1.165) is 32.2 Å². The van der Waals surface area contributed by atoms with Gasteiger partial charge in [-0.2, -0.15) is 0 Å². The molecule has 0 saturated carbocycles. The quantitative estimate of drug-likeness (QED) is 0.759. The van der Waals surface area contributed by atoms with E-state index in [1.54, 1.807) is 6.08 Å². The molecule has 1 aliphatic heterocycles. The number of aromatic nitrogens is 1. The molecule has 1 amide bonds. The van der Waals surface area contributed by atoms with E-state index in [0.29, 0.717) is 10.9 Å². The number of aromatic hydroxyl groups is 1. The maximum absolute atomic E-state index is 12.3. The lowest BCUT2D eigenvalue weighted by Gasteiger charge is -2.07. The van der Waals surface area contributed by atoms with Gasteiger partial charge in [-0.1, -0.05) is 23.5 Å². The Morgan fingerprint density at radius 3 is 2.71 bits per heavy atom. The fraction of sp³-hybridized carbons (Fsp3) is 0.176. The Balaban J connectivity index is 2.20. The number of aryl methyl sites for hydroxylation is 1. The Hall–Kier alpha value is -2.80. The Kier molecular flexibility index (Phi) is 3.81. The number of amides is 1. The number of nitrogens with zero attached hydrogens (tertiary/aromatic N) is 2. The number of thiazole rings is 1. The van der Waals surface area contributed by atoms with Gasteiger partial charge in [0, 0.05) is 17.7 Å². The molecule has 122 valence electrons. The molecular formula is C17H15N3O3S. The normalized spacial score (nSPS) is 15.0. The first-order valence-electron chi connectivity index (χ1n) is 7.22. The lowest BCUT2D eigenvalue weighted by atomic mass is 10.0. The van der Waals surface area contributed by atoms with Crippen molar-refractivity contribution in [1.82, 2.24) is 4.57 Å². The van der Waals surface area contributed by atoms with Crippen molar-refractivity contribution in [3.05, 3.63) is 49.1 Å². The van der Waals surface area contributed by atoms with E-state index < -0.39 is 11.8 Å². The maximum atomic E-state index is 12.3. The zero-order chi connectivity index (χ0) is 17.6. The number of nitrogens with one attached hydrogen (secondary N) is 1. The second kappa shape index (κ2) is 5.68. The molecule has 0 spiro atoms. The molecule has 24 heavy (non-hydrogen) atoms. The molecule has 2 N–H and O–H groups in total. The van der Waals surface area contributed by atoms with Crippen molar-refractivity contribution < 1.29 is 14.7 Å². The highest BCUT2D eigenvalue weighted by Gasteiger charge is 2.17. The summed E-state index contributed by atoms with van der Waals surface area (Å²) in [6, 6.07) is 3.85. The summed E-state index contributed by atoms with van der Waals surface area (Å²) in [5, 5.41) is 19.3. The lowest BCUT2D eigenvalue weighted by molar-refractivity contribution is -0.114. The molecule has 6 nitrogen and oxygen atoms in total. The Morgan fingerprint density at radius 2 is 2.08 bits per heavy atom. The molecule has 1 aliphatic rings. The summed E-state index contributed by atoms with van der Waals surface area (Å²) in [5.41, 5.74) is 2.32. The predicted molar refractivity (Wildman–Crippen MR) is 90.3 cm³/mol. The Labute approximate surface area is 141 Å². The van der Waals surface area contributed by atoms with E-state index in [4.69, 9.17) is 5.41 Å². The number of benzene rings is 1. The first-order valence-corrected chi connectivity index (χ1v) is 8.04. The molecule has 2 aromatic rings. The van der Waals surface area contributed by atoms with Gasteiger partial charge in [0.25, 0.3) is 5.91 Å². The molecular weight excluding hydrogens is 326 g/mol. The fourth-order valence-electron chi connectivity index (χ4n) is 2.51. The minimum absolute atomic E-state index is 0.0982. The van der Waals surface area contributed by atoms with Gasteiger partial charge in [-0.15, -0.1) is 0 Å². The molecule has 7 heteroatoms. The summed E-state index contributed by atoms with van der Waals surface area (Å²) in [6.07, 6.45) is 3.17. The monoisotopic (exact) mass is 341 g/mol. The number of carbonyl (C=O) groups excluding carboxylic acids is 2. The van der Waals surface area contributed by atoms with Crippen LogP contribution in [0.4, 0.5) is 0 Å². The Morgan fingerprint density at radius 1 is 1.38 bits per heavy atom. The summed E-state index contributed by atoms with van der Waals surface area (Å²) in [7, 11) is 0. The van der Waals surface area contributed by atoms with Crippen molar-refractivity contribution in [1.29, 1.82) is 5.41 Å². The summed E-state index contributed by atoms with van der Waals surface area (Å²) >= 11 is 0.920. The summed E-state index contributed by atoms with van der Waals surface area (Å²) in [6.45, 7) is 5.14. The van der Waals surface area contributed by atoms with Crippen LogP contribution in [0.15, 0.2) is 22.7 Å². The van der Waals surface area contributed by atoms with Crippen molar-refractivity contribution in [2.24, 2.45) is 4.99 Å². The Bertz CT molecular complexity index is 1100. The highest BCUT2D eigenvalue weighted by atomic mass is 32.1. The summed E-state index contributed by atoms with van der Waals surface area (Å²) in [4.78, 5) is 28.1. The average molecular weight is 341 g/mol. The van der Waals surface area contributed by atoms with E-state index in [1.165, 1.54) is 13.0 Å². The largest absolute Gasteiger partial charge is 0.493 e. The van der Waals surface area contributed by atoms with Crippen LogP contribution >= 0.6 is 11.3 Å². The van der Waals surface area contributed by atoms with Crippen LogP contribution in [0.3, 0.4) is 0 Å². The highest BCUT2D eigenvalue weighted by Crippen LogP contribution is 2.24. The van der Waals surface area contributed by atoms with Crippen molar-refractivity contribution in [2.75, 3.05) is 0 Å². The molecule has 0 saturated heterocycles. The van der Waals surface area contributed by atoms with E-state index in [-0.39, 0.29) is 15.6 Å². The minimum atomic E-state index is -0.460. The molecule has 1 aromatic heterocycles. The standard InChI is InChI=1S/C17H15N3O3S/c1-8-4-5-11-6-12(15(22)19-14(11)9(8)2)7-13-16(23)20(10(3)21)17(18)24-13/h4-7,18,23H,1-3H3/b12-7+,18-17?. The van der Waals surface area contributed by atoms with Crippen LogP contribution in [0.1, 0.15) is 27.7 Å². The van der Waals surface area contributed by atoms with Gasteiger partial charge >= 0.3 is 0 Å². The first-order chi connectivity index (χ1) is 11.3. The zero-order valence-corrected chi connectivity index (χ0v) is 14.2. The molecule has 0 unspecified atom stereocenters. The first kappa shape index (κ1) is 16.1. The van der Waals surface area contributed by atoms with Gasteiger partial charge in [0.05, 0.1) is 10.2 Å². The number of carbonyl (C=O) groups is 2. The van der Waals surface area contributed by atoms with Gasteiger partial charge in [0.2, 0.25) is 11.8 Å². The zero-order valence-electron chi connectivity index (χ0n) is 13.4. The van der Waals surface area contributed by atoms with E-state index in [1.807, 2.05) is 26.0 Å². The third-order valence-electron chi connectivity index (χ3n) is 3.95. The molecule has 0 fully saturated rings. The second-order valence-corrected chi connectivity index (χ2v) is 6.59. The van der Waals surface area contributed by atoms with Crippen LogP contribution in [-0.2, 0) is 4.79 Å². The fourth-order valence-corrected chi connectivity index (χ4v) is 3.40. The molecule has 3 rings (SSSR count). The molecule has 2 heterocycles. The van der Waals surface area contributed by atoms with Crippen LogP contribution in [-0.4, -0.2) is 21.5 Å². The van der Waals surface area contributed by atoms with Gasteiger partial charge in [-0.25, -0.2) is 9.56 Å². The van der Waals surface area contributed by atoms with E-state index in [9.17, 15) is 14.7 Å². The number of fused-ring (bicyclic) bond motifs is 1. The van der Waals surface area contributed by atoms with Gasteiger partial charge < -0.3 is 5.11 Å². The molecule has 0 bridgehead atoms. The molecule has 1 aromatic carbocycles. The van der Waals surface area contributed by atoms with Gasteiger partial charge in [-0.05, 0) is 37.1 Å². The van der Waals surface area contributed by atoms with Gasteiger partial charge in [0.1, 0.15) is 0 Å². The van der Waals surface area contributed by atoms with Crippen LogP contribution in [0.2, 0.25) is 0 Å². The van der Waals surface area contributed by atoms with Crippen LogP contribution in [0, 0.1) is 19.3 Å². The molecule has 0 aliphatic carbocycles. The number of hydrogen-bond donors (Lipinski definition) is 2. The predicted octanol–water partition coefficient (Wildman–Crippen LogP) is 1.04. The van der Waals surface area contributed by atoms with Crippen molar-refractivity contribution in [3.63, 3.8) is 0 Å². The van der Waals surface area contributed by atoms with Gasteiger partial charge in [-0.3, -0.25) is 15.0 Å². The van der Waals surface area contributed by atoms with Crippen molar-refractivity contribution >= 4 is 35.3 Å². The third kappa shape index (κ3) is 2.52. The lowest BCUT2D eigenvalue weighted by Crippen LogP contribution is -2.33. The van der Waals surface area contributed by atoms with Crippen molar-refractivity contribution in [3.8, 4) is 5.88 Å². The summed E-state index contributed by atoms with van der Waals surface area (Å²) < 4.78 is 0.892. The smallest absolute Gasteiger partial charge is 0.277 e. The van der Waals surface area contributed by atoms with E-state index in [2.05, 4.69) is 4.99 Å². The molecule has 0 radical (unpaired) electrons. The summed E-state index contributed by atoms with van der Waals surface area (Å²) in [5.74, 6) is -1.21. The SMILES string of the molecule is CC(=O)n1c(O)c(/C=C2\C=c3ccc(C)c(C)c3=NC2=O)sc1=N. The number of rotatable bonds is 1. The number of hydrogen-bond acceptors (Lipinski definition) is 5. The third-order valence-corrected chi connectivity index (χ3v) is 4.84. The maximum Gasteiger partial charge on any atom is 0.277 e. The van der Waals surface area contributed by atoms with Crippen LogP contribution in [0.25, 0.3) is 12.2 Å². The van der Waals surface area contributed by atoms with Crippen molar-refractivity contribution in [2.45, 2.75) is 20.8 Å². The van der Waals surface area contributed by atoms with Crippen LogP contribution < -0.4 is 15.4 Å². The molecule has 0 atom stereocenters. The van der Waals surface area contributed by atoms with Gasteiger partial charge in [0.15, 0.2) is 4.80 Å². The minimum Gasteiger partial charge on any atom is -0.493 e. The van der Waals surface area contributed by atoms with E-state index >= 15 is 0 Å². The highest BCUT2D eigenvalue weighted by molar-refractivity contribution is 7.10. The second-order valence-electron chi connectivity index (χ2n) is 5.56. The average Bonchev–Trinajstić information content (AvgIpc) is 2.79. The topological polar surface area (TPSA) is 95.5 Å². The van der Waals surface area contributed by atoms with Crippen LogP contribution in [0.5, 0.6) is 5.88 Å².